The number of rotatable bonds is 41. The van der Waals surface area contributed by atoms with Gasteiger partial charge in [-0.3, -0.25) is 23.4 Å². The average Bonchev–Trinajstić information content (AvgIpc) is 3.97. The van der Waals surface area contributed by atoms with Crippen molar-refractivity contribution in [2.24, 2.45) is 5.73 Å². The monoisotopic (exact) mass is 854 g/mol. The van der Waals surface area contributed by atoms with E-state index in [1.165, 1.54) is 89.9 Å². The molecule has 1 fully saturated rings. The van der Waals surface area contributed by atoms with Crippen LogP contribution >= 0.6 is 7.82 Å². The standard InChI is InChI=1S/C46H80NO11P/c1-3-5-7-8-9-10-11-12-13-14-15-16-17-21-24-27-31-35-44(48)54-37-40(38-55-59(52,53)56-39-41(47)46(50)51)57-45(49)36-32-28-25-22-19-18-20-23-26-30-34-43-42(58-43)33-29-6-4-2/h12-13,18,20,22,25-26,30,40-43H,3-11,14-17,19,21,23-24,27-29,31-39,47H2,1-2H3,(H,50,51)(H,52,53)/b13-12-,20-18-,25-22-,30-26-/t40-,41+,42?,43?/m1/s1. The van der Waals surface area contributed by atoms with Crippen molar-refractivity contribution in [2.45, 2.75) is 205 Å². The molecule has 340 valence electrons. The van der Waals surface area contributed by atoms with Crippen LogP contribution in [-0.2, 0) is 42.2 Å². The van der Waals surface area contributed by atoms with Crippen molar-refractivity contribution in [2.75, 3.05) is 19.8 Å². The van der Waals surface area contributed by atoms with E-state index >= 15 is 0 Å². The molecule has 0 bridgehead atoms. The van der Waals surface area contributed by atoms with Crippen LogP contribution in [0.3, 0.4) is 0 Å². The summed E-state index contributed by atoms with van der Waals surface area (Å²) in [5, 5.41) is 8.90. The second-order valence-electron chi connectivity index (χ2n) is 15.6. The highest BCUT2D eigenvalue weighted by Gasteiger charge is 2.36. The van der Waals surface area contributed by atoms with Crippen LogP contribution in [0.4, 0.5) is 0 Å². The number of esters is 2. The summed E-state index contributed by atoms with van der Waals surface area (Å²) in [7, 11) is -4.74. The summed E-state index contributed by atoms with van der Waals surface area (Å²) in [6.07, 6.45) is 43.5. The molecular weight excluding hydrogens is 773 g/mol. The number of allylic oxidation sites excluding steroid dienone is 7. The van der Waals surface area contributed by atoms with E-state index in [-0.39, 0.29) is 19.4 Å². The van der Waals surface area contributed by atoms with Gasteiger partial charge in [-0.05, 0) is 70.6 Å². The first kappa shape index (κ1) is 54.4. The Hall–Kier alpha value is -2.60. The zero-order chi connectivity index (χ0) is 43.2. The van der Waals surface area contributed by atoms with Gasteiger partial charge in [-0.25, -0.2) is 4.57 Å². The maximum absolute atomic E-state index is 12.6. The summed E-state index contributed by atoms with van der Waals surface area (Å²) in [4.78, 5) is 46.0. The predicted octanol–water partition coefficient (Wildman–Crippen LogP) is 11.2. The van der Waals surface area contributed by atoms with Crippen molar-refractivity contribution in [3.8, 4) is 0 Å². The molecule has 4 N–H and O–H groups in total. The van der Waals surface area contributed by atoms with Crippen molar-refractivity contribution in [3.05, 3.63) is 48.6 Å². The van der Waals surface area contributed by atoms with Crippen LogP contribution in [0.1, 0.15) is 181 Å². The number of carbonyl (C=O) groups is 3. The first-order valence-corrected chi connectivity index (χ1v) is 24.3. The number of carboxylic acid groups (broad SMARTS) is 1. The molecule has 0 radical (unpaired) electrons. The fourth-order valence-electron chi connectivity index (χ4n) is 6.26. The van der Waals surface area contributed by atoms with Crippen molar-refractivity contribution in [1.29, 1.82) is 0 Å². The van der Waals surface area contributed by atoms with E-state index in [1.807, 2.05) is 12.2 Å². The summed E-state index contributed by atoms with van der Waals surface area (Å²) >= 11 is 0. The van der Waals surface area contributed by atoms with E-state index in [4.69, 9.17) is 29.6 Å². The molecule has 1 heterocycles. The van der Waals surface area contributed by atoms with Crippen molar-refractivity contribution >= 4 is 25.7 Å². The second-order valence-corrected chi connectivity index (χ2v) is 17.0. The molecule has 0 aromatic heterocycles. The molecule has 0 aromatic rings. The van der Waals surface area contributed by atoms with E-state index in [1.54, 1.807) is 0 Å². The maximum atomic E-state index is 12.6. The Morgan fingerprint density at radius 1 is 0.627 bits per heavy atom. The van der Waals surface area contributed by atoms with Gasteiger partial charge in [0.05, 0.1) is 25.4 Å². The Kier molecular flexibility index (Phi) is 34.3. The molecule has 1 saturated heterocycles. The molecule has 1 aliphatic rings. The molecule has 1 aliphatic heterocycles. The summed E-state index contributed by atoms with van der Waals surface area (Å²) in [5.41, 5.74) is 5.33. The fourth-order valence-corrected chi connectivity index (χ4v) is 7.04. The second kappa shape index (κ2) is 37.2. The van der Waals surface area contributed by atoms with Gasteiger partial charge in [-0.1, -0.05) is 146 Å². The van der Waals surface area contributed by atoms with Gasteiger partial charge in [0, 0.05) is 12.8 Å². The number of hydrogen-bond acceptors (Lipinski definition) is 10. The number of hydrogen-bond donors (Lipinski definition) is 3. The molecule has 13 heteroatoms. The lowest BCUT2D eigenvalue weighted by Gasteiger charge is -2.20. The molecule has 5 atom stereocenters. The SMILES string of the molecule is CCCCCCCC/C=C\CCCCCCCCCC(=O)OC[C@H](COP(=O)(O)OC[C@H](N)C(=O)O)OC(=O)CCC/C=C\C/C=C\C/C=C\CC1OC1CCCCC. The molecule has 0 spiro atoms. The van der Waals surface area contributed by atoms with Gasteiger partial charge in [0.15, 0.2) is 6.10 Å². The number of carbonyl (C=O) groups excluding carboxylic acids is 2. The van der Waals surface area contributed by atoms with Crippen LogP contribution < -0.4 is 5.73 Å². The Morgan fingerprint density at radius 3 is 1.78 bits per heavy atom. The largest absolute Gasteiger partial charge is 0.480 e. The number of ether oxygens (including phenoxy) is 3. The van der Waals surface area contributed by atoms with Crippen LogP contribution in [0, 0.1) is 0 Å². The molecule has 1 rings (SSSR count). The summed E-state index contributed by atoms with van der Waals surface area (Å²) < 4.78 is 38.4. The lowest BCUT2D eigenvalue weighted by molar-refractivity contribution is -0.161. The van der Waals surface area contributed by atoms with Gasteiger partial charge in [0.1, 0.15) is 12.6 Å². The highest BCUT2D eigenvalue weighted by Crippen LogP contribution is 2.43. The molecule has 12 nitrogen and oxygen atoms in total. The minimum atomic E-state index is -4.74. The number of phosphoric ester groups is 1. The topological polar surface area (TPSA) is 184 Å². The van der Waals surface area contributed by atoms with Gasteiger partial charge in [0.25, 0.3) is 0 Å². The Bertz CT molecular complexity index is 1250. The smallest absolute Gasteiger partial charge is 0.472 e. The summed E-state index contributed by atoms with van der Waals surface area (Å²) in [6.45, 7) is 2.70. The van der Waals surface area contributed by atoms with Crippen LogP contribution in [0.5, 0.6) is 0 Å². The highest BCUT2D eigenvalue weighted by molar-refractivity contribution is 7.47. The van der Waals surface area contributed by atoms with E-state index in [9.17, 15) is 23.8 Å². The third-order valence-corrected chi connectivity index (χ3v) is 10.9. The van der Waals surface area contributed by atoms with E-state index in [0.29, 0.717) is 31.5 Å². The number of phosphoric acid groups is 1. The van der Waals surface area contributed by atoms with Gasteiger partial charge in [-0.2, -0.15) is 0 Å². The van der Waals surface area contributed by atoms with Crippen molar-refractivity contribution in [3.63, 3.8) is 0 Å². The molecule has 0 saturated carbocycles. The fraction of sp³-hybridized carbons (Fsp3) is 0.761. The first-order valence-electron chi connectivity index (χ1n) is 22.8. The zero-order valence-electron chi connectivity index (χ0n) is 36.5. The molecular formula is C46H80NO11P. The lowest BCUT2D eigenvalue weighted by atomic mass is 10.1. The Labute approximate surface area is 356 Å². The number of aliphatic carboxylic acids is 1. The maximum Gasteiger partial charge on any atom is 0.472 e. The predicted molar refractivity (Wildman–Crippen MR) is 235 cm³/mol. The molecule has 0 amide bonds. The van der Waals surface area contributed by atoms with Crippen LogP contribution in [0.25, 0.3) is 0 Å². The van der Waals surface area contributed by atoms with Crippen molar-refractivity contribution < 1.29 is 52.2 Å². The first-order chi connectivity index (χ1) is 28.6. The Morgan fingerprint density at radius 2 is 1.14 bits per heavy atom. The van der Waals surface area contributed by atoms with Gasteiger partial charge < -0.3 is 29.9 Å². The molecule has 3 unspecified atom stereocenters. The number of carboxylic acids is 1. The van der Waals surface area contributed by atoms with E-state index in [0.717, 1.165) is 44.9 Å². The third-order valence-electron chi connectivity index (χ3n) is 9.97. The van der Waals surface area contributed by atoms with Crippen molar-refractivity contribution in [1.82, 2.24) is 0 Å². The third kappa shape index (κ3) is 34.8. The average molecular weight is 854 g/mol. The minimum absolute atomic E-state index is 0.0797. The normalized spacial score (nSPS) is 17.6. The minimum Gasteiger partial charge on any atom is -0.480 e. The summed E-state index contributed by atoms with van der Waals surface area (Å²) in [5.74, 6) is -2.46. The van der Waals surface area contributed by atoms with Gasteiger partial charge in [-0.15, -0.1) is 0 Å². The number of epoxide rings is 1. The van der Waals surface area contributed by atoms with Gasteiger partial charge >= 0.3 is 25.7 Å². The lowest BCUT2D eigenvalue weighted by Crippen LogP contribution is -2.34. The number of unbranched alkanes of at least 4 members (excludes halogenated alkanes) is 16. The van der Waals surface area contributed by atoms with Crippen LogP contribution in [0.15, 0.2) is 48.6 Å². The van der Waals surface area contributed by atoms with E-state index in [2.05, 4.69) is 54.8 Å². The Balaban J connectivity index is 2.30. The molecule has 59 heavy (non-hydrogen) atoms. The molecule has 0 aliphatic carbocycles. The number of nitrogens with two attached hydrogens (primary N) is 1. The highest BCUT2D eigenvalue weighted by atomic mass is 31.2. The zero-order valence-corrected chi connectivity index (χ0v) is 37.4. The quantitative estimate of drug-likeness (QED) is 0.0174. The van der Waals surface area contributed by atoms with Crippen LogP contribution in [-0.4, -0.2) is 72.1 Å². The summed E-state index contributed by atoms with van der Waals surface area (Å²) in [6, 6.07) is -1.53. The van der Waals surface area contributed by atoms with E-state index < -0.39 is 51.1 Å². The van der Waals surface area contributed by atoms with Crippen LogP contribution in [0.2, 0.25) is 0 Å². The molecule has 0 aromatic carbocycles. The van der Waals surface area contributed by atoms with Gasteiger partial charge in [0.2, 0.25) is 0 Å².